The van der Waals surface area contributed by atoms with Crippen molar-refractivity contribution in [3.63, 3.8) is 0 Å². The Labute approximate surface area is 215 Å². The van der Waals surface area contributed by atoms with Gasteiger partial charge in [0.15, 0.2) is 16.6 Å². The summed E-state index contributed by atoms with van der Waals surface area (Å²) in [6.07, 6.45) is 6.67. The van der Waals surface area contributed by atoms with Gasteiger partial charge in [-0.15, -0.1) is 11.3 Å². The fourth-order valence-corrected chi connectivity index (χ4v) is 5.90. The van der Waals surface area contributed by atoms with Crippen LogP contribution in [-0.2, 0) is 22.4 Å². The van der Waals surface area contributed by atoms with Crippen molar-refractivity contribution < 1.29 is 19.1 Å². The fourth-order valence-electron chi connectivity index (χ4n) is 5.16. The Morgan fingerprint density at radius 2 is 1.86 bits per heavy atom. The number of methoxy groups -OCH3 is 2. The van der Waals surface area contributed by atoms with Crippen molar-refractivity contribution in [1.29, 1.82) is 0 Å². The third-order valence-electron chi connectivity index (χ3n) is 7.05. The minimum atomic E-state index is -0.144. The number of fused-ring (bicyclic) bond motifs is 1. The lowest BCUT2D eigenvalue weighted by Crippen LogP contribution is -2.35. The Kier molecular flexibility index (Phi) is 7.23. The third-order valence-corrected chi connectivity index (χ3v) is 7.81. The summed E-state index contributed by atoms with van der Waals surface area (Å²) in [5.74, 6) is 1.54. The fraction of sp³-hybridized carbons (Fsp3) is 0.393. The molecule has 188 valence electrons. The van der Waals surface area contributed by atoms with Gasteiger partial charge < -0.3 is 19.7 Å². The van der Waals surface area contributed by atoms with Crippen molar-refractivity contribution >= 4 is 34.0 Å². The molecule has 2 heterocycles. The number of nitrogens with zero attached hydrogens (tertiary/aromatic N) is 2. The van der Waals surface area contributed by atoms with Gasteiger partial charge >= 0.3 is 0 Å². The van der Waals surface area contributed by atoms with Crippen LogP contribution in [0.5, 0.6) is 11.5 Å². The topological polar surface area (TPSA) is 80.8 Å². The van der Waals surface area contributed by atoms with E-state index in [4.69, 9.17) is 9.47 Å². The monoisotopic (exact) mass is 505 g/mol. The van der Waals surface area contributed by atoms with Crippen molar-refractivity contribution in [2.24, 2.45) is 5.92 Å². The molecule has 2 amide bonds. The number of carbonyl (C=O) groups excluding carboxylic acids is 2. The van der Waals surface area contributed by atoms with Crippen molar-refractivity contribution in [2.45, 2.75) is 44.9 Å². The minimum Gasteiger partial charge on any atom is -0.493 e. The standard InChI is InChI=1S/C28H31N3O4S/c1-34-24-11-8-18(14-25(24)35-2)15-26(32)30-28-29-22(17-36-28)20-9-10-23-21(16-20)12-13-31(23)27(33)19-6-4-3-5-7-19/h8-11,14,16-17,19H,3-7,12-13,15H2,1-2H3,(H,29,30,32). The van der Waals surface area contributed by atoms with E-state index < -0.39 is 0 Å². The summed E-state index contributed by atoms with van der Waals surface area (Å²) in [5.41, 5.74) is 4.86. The molecule has 2 aliphatic rings. The van der Waals surface area contributed by atoms with Gasteiger partial charge in [-0.2, -0.15) is 0 Å². The molecule has 0 radical (unpaired) electrons. The number of hydrogen-bond donors (Lipinski definition) is 1. The summed E-state index contributed by atoms with van der Waals surface area (Å²) in [4.78, 5) is 32.3. The van der Waals surface area contributed by atoms with Crippen LogP contribution in [0.4, 0.5) is 10.8 Å². The molecule has 5 rings (SSSR count). The van der Waals surface area contributed by atoms with Gasteiger partial charge in [-0.1, -0.05) is 31.4 Å². The third kappa shape index (κ3) is 5.09. The van der Waals surface area contributed by atoms with Crippen molar-refractivity contribution in [2.75, 3.05) is 31.0 Å². The quantitative estimate of drug-likeness (QED) is 0.460. The number of rotatable bonds is 7. The zero-order chi connectivity index (χ0) is 25.1. The number of hydrogen-bond acceptors (Lipinski definition) is 6. The number of anilines is 2. The van der Waals surface area contributed by atoms with Crippen LogP contribution < -0.4 is 19.7 Å². The Bertz CT molecular complexity index is 1270. The number of thiazole rings is 1. The largest absolute Gasteiger partial charge is 0.493 e. The van der Waals surface area contributed by atoms with E-state index in [9.17, 15) is 9.59 Å². The molecule has 0 unspecified atom stereocenters. The molecule has 8 heteroatoms. The van der Waals surface area contributed by atoms with Crippen molar-refractivity contribution in [3.8, 4) is 22.8 Å². The van der Waals surface area contributed by atoms with E-state index >= 15 is 0 Å². The van der Waals surface area contributed by atoms with Gasteiger partial charge in [-0.3, -0.25) is 9.59 Å². The molecule has 1 fully saturated rings. The van der Waals surface area contributed by atoms with Crippen LogP contribution in [0.2, 0.25) is 0 Å². The molecule has 0 saturated heterocycles. The molecule has 1 N–H and O–H groups in total. The van der Waals surface area contributed by atoms with E-state index in [0.29, 0.717) is 16.6 Å². The number of aromatic nitrogens is 1. The van der Waals surface area contributed by atoms with Gasteiger partial charge in [0.25, 0.3) is 0 Å². The summed E-state index contributed by atoms with van der Waals surface area (Å²) in [5, 5.41) is 5.41. The molecule has 0 bridgehead atoms. The second-order valence-electron chi connectivity index (χ2n) is 9.37. The van der Waals surface area contributed by atoms with Gasteiger partial charge in [-0.25, -0.2) is 4.98 Å². The first-order chi connectivity index (χ1) is 17.6. The second-order valence-corrected chi connectivity index (χ2v) is 10.2. The average molecular weight is 506 g/mol. The maximum absolute atomic E-state index is 13.1. The van der Waals surface area contributed by atoms with Crippen molar-refractivity contribution in [1.82, 2.24) is 4.98 Å². The molecule has 2 aromatic carbocycles. The highest BCUT2D eigenvalue weighted by molar-refractivity contribution is 7.14. The highest BCUT2D eigenvalue weighted by Gasteiger charge is 2.31. The Morgan fingerprint density at radius 3 is 2.64 bits per heavy atom. The molecule has 1 saturated carbocycles. The molecule has 0 spiro atoms. The highest BCUT2D eigenvalue weighted by atomic mass is 32.1. The Balaban J connectivity index is 1.24. The van der Waals surface area contributed by atoms with Gasteiger partial charge in [0, 0.05) is 29.1 Å². The van der Waals surface area contributed by atoms with Crippen LogP contribution >= 0.6 is 11.3 Å². The summed E-state index contributed by atoms with van der Waals surface area (Å²) < 4.78 is 10.6. The molecule has 1 aliphatic heterocycles. The van der Waals surface area contributed by atoms with E-state index in [2.05, 4.69) is 16.4 Å². The molecule has 0 atom stereocenters. The smallest absolute Gasteiger partial charge is 0.230 e. The van der Waals surface area contributed by atoms with E-state index in [1.54, 1.807) is 26.4 Å². The number of nitrogens with one attached hydrogen (secondary N) is 1. The minimum absolute atomic E-state index is 0.144. The van der Waals surface area contributed by atoms with Gasteiger partial charge in [0.1, 0.15) is 0 Å². The van der Waals surface area contributed by atoms with Crippen LogP contribution in [0, 0.1) is 5.92 Å². The van der Waals surface area contributed by atoms with E-state index in [0.717, 1.165) is 61.2 Å². The first kappa shape index (κ1) is 24.3. The molecule has 1 aliphatic carbocycles. The number of benzene rings is 2. The SMILES string of the molecule is COc1ccc(CC(=O)Nc2nc(-c3ccc4c(c3)CCN4C(=O)C3CCCCC3)cs2)cc1OC. The highest BCUT2D eigenvalue weighted by Crippen LogP contribution is 2.36. The summed E-state index contributed by atoms with van der Waals surface area (Å²) in [6, 6.07) is 11.6. The first-order valence-corrected chi connectivity index (χ1v) is 13.3. The van der Waals surface area contributed by atoms with Crippen molar-refractivity contribution in [3.05, 3.63) is 52.9 Å². The first-order valence-electron chi connectivity index (χ1n) is 12.5. The molecular weight excluding hydrogens is 474 g/mol. The number of carbonyl (C=O) groups is 2. The Hall–Kier alpha value is -3.39. The maximum Gasteiger partial charge on any atom is 0.230 e. The van der Waals surface area contributed by atoms with Gasteiger partial charge in [0.2, 0.25) is 11.8 Å². The van der Waals surface area contributed by atoms with E-state index in [1.807, 2.05) is 28.5 Å². The molecule has 3 aromatic rings. The summed E-state index contributed by atoms with van der Waals surface area (Å²) >= 11 is 1.40. The van der Waals surface area contributed by atoms with E-state index in [-0.39, 0.29) is 24.2 Å². The second kappa shape index (κ2) is 10.7. The van der Waals surface area contributed by atoms with Crippen LogP contribution in [-0.4, -0.2) is 37.6 Å². The average Bonchev–Trinajstić information content (AvgIpc) is 3.55. The Morgan fingerprint density at radius 1 is 1.06 bits per heavy atom. The molecule has 36 heavy (non-hydrogen) atoms. The van der Waals surface area contributed by atoms with Gasteiger partial charge in [-0.05, 0) is 54.7 Å². The predicted octanol–water partition coefficient (Wildman–Crippen LogP) is 5.48. The van der Waals surface area contributed by atoms with Crippen LogP contribution in [0.15, 0.2) is 41.8 Å². The van der Waals surface area contributed by atoms with Crippen LogP contribution in [0.1, 0.15) is 43.2 Å². The lowest BCUT2D eigenvalue weighted by molar-refractivity contribution is -0.123. The van der Waals surface area contributed by atoms with E-state index in [1.165, 1.54) is 23.3 Å². The lowest BCUT2D eigenvalue weighted by atomic mass is 9.88. The van der Waals surface area contributed by atoms with Crippen LogP contribution in [0.3, 0.4) is 0 Å². The number of amides is 2. The molecular formula is C28H31N3O4S. The zero-order valence-corrected chi connectivity index (χ0v) is 21.5. The normalized spacial score (nSPS) is 15.4. The number of ether oxygens (including phenoxy) is 2. The molecule has 1 aromatic heterocycles. The maximum atomic E-state index is 13.1. The summed E-state index contributed by atoms with van der Waals surface area (Å²) in [7, 11) is 3.16. The predicted molar refractivity (Wildman–Crippen MR) is 142 cm³/mol. The summed E-state index contributed by atoms with van der Waals surface area (Å²) in [6.45, 7) is 0.753. The zero-order valence-electron chi connectivity index (χ0n) is 20.7. The molecule has 7 nitrogen and oxygen atoms in total. The lowest BCUT2D eigenvalue weighted by Gasteiger charge is -2.26. The van der Waals surface area contributed by atoms with Crippen LogP contribution in [0.25, 0.3) is 11.3 Å². The van der Waals surface area contributed by atoms with Gasteiger partial charge in [0.05, 0.1) is 26.3 Å².